The van der Waals surface area contributed by atoms with E-state index in [1.807, 2.05) is 4.72 Å². The summed E-state index contributed by atoms with van der Waals surface area (Å²) in [7, 11) is -3.88. The van der Waals surface area contributed by atoms with Gasteiger partial charge in [-0.2, -0.15) is 0 Å². The number of carbonyl (C=O) groups excluding carboxylic acids is 1. The Kier molecular flexibility index (Phi) is 4.91. The Morgan fingerprint density at radius 1 is 1.20 bits per heavy atom. The summed E-state index contributed by atoms with van der Waals surface area (Å²) in [6.07, 6.45) is 0. The van der Waals surface area contributed by atoms with E-state index < -0.39 is 15.9 Å². The van der Waals surface area contributed by atoms with E-state index in [0.29, 0.717) is 13.3 Å². The first-order chi connectivity index (χ1) is 9.29. The third kappa shape index (κ3) is 3.62. The largest absolute Gasteiger partial charge is 0.273 e. The average Bonchev–Trinajstić information content (AvgIpc) is 2.75. The summed E-state index contributed by atoms with van der Waals surface area (Å²) in [5, 5.41) is 0.443. The molecule has 0 bridgehead atoms. The standard InChI is InChI=1S/C11H6Br2ClNO3S2/c12-8-5-6(14)1-2-7(8)11(16)15-20(17,18)10-4-3-9(13)19-10/h1-5H,(H,15,16). The zero-order valence-corrected chi connectivity index (χ0v) is 15.1. The van der Waals surface area contributed by atoms with Gasteiger partial charge in [0.05, 0.1) is 9.35 Å². The second-order valence-corrected chi connectivity index (χ2v) is 9.28. The van der Waals surface area contributed by atoms with Gasteiger partial charge in [0, 0.05) is 9.50 Å². The monoisotopic (exact) mass is 457 g/mol. The van der Waals surface area contributed by atoms with E-state index in [1.165, 1.54) is 24.3 Å². The maximum Gasteiger partial charge on any atom is 0.273 e. The third-order valence-corrected chi connectivity index (χ3v) is 6.55. The minimum Gasteiger partial charge on any atom is -0.268 e. The number of halogens is 3. The minimum atomic E-state index is -3.88. The molecule has 4 nitrogen and oxygen atoms in total. The molecule has 0 saturated carbocycles. The molecule has 1 heterocycles. The minimum absolute atomic E-state index is 0.0582. The van der Waals surface area contributed by atoms with Crippen LogP contribution in [0.4, 0.5) is 0 Å². The molecule has 0 aliphatic carbocycles. The summed E-state index contributed by atoms with van der Waals surface area (Å²) in [6.45, 7) is 0. The van der Waals surface area contributed by atoms with Gasteiger partial charge in [0.1, 0.15) is 4.21 Å². The fourth-order valence-electron chi connectivity index (χ4n) is 1.34. The lowest BCUT2D eigenvalue weighted by atomic mass is 10.2. The normalized spacial score (nSPS) is 11.3. The Balaban J connectivity index is 2.27. The molecule has 0 fully saturated rings. The van der Waals surface area contributed by atoms with Crippen LogP contribution in [0.25, 0.3) is 0 Å². The lowest BCUT2D eigenvalue weighted by molar-refractivity contribution is 0.0981. The Morgan fingerprint density at radius 3 is 2.45 bits per heavy atom. The molecular formula is C11H6Br2ClNO3S2. The molecule has 1 amide bonds. The van der Waals surface area contributed by atoms with E-state index in [2.05, 4.69) is 31.9 Å². The van der Waals surface area contributed by atoms with Crippen molar-refractivity contribution in [2.24, 2.45) is 0 Å². The molecule has 0 atom stereocenters. The van der Waals surface area contributed by atoms with E-state index in [9.17, 15) is 13.2 Å². The van der Waals surface area contributed by atoms with Crippen molar-refractivity contribution < 1.29 is 13.2 Å². The number of carbonyl (C=O) groups is 1. The summed E-state index contributed by atoms with van der Waals surface area (Å²) >= 11 is 13.1. The van der Waals surface area contributed by atoms with Crippen LogP contribution in [-0.2, 0) is 10.0 Å². The van der Waals surface area contributed by atoms with E-state index >= 15 is 0 Å². The van der Waals surface area contributed by atoms with Crippen LogP contribution >= 0.6 is 54.8 Å². The molecule has 106 valence electrons. The molecule has 0 aliphatic heterocycles. The molecule has 2 rings (SSSR count). The van der Waals surface area contributed by atoms with Crippen molar-refractivity contribution in [3.8, 4) is 0 Å². The fraction of sp³-hybridized carbons (Fsp3) is 0. The second kappa shape index (κ2) is 6.15. The van der Waals surface area contributed by atoms with Crippen LogP contribution in [0.3, 0.4) is 0 Å². The van der Waals surface area contributed by atoms with Crippen molar-refractivity contribution >= 4 is 70.7 Å². The molecular weight excluding hydrogens is 454 g/mol. The maximum atomic E-state index is 12.0. The van der Waals surface area contributed by atoms with Gasteiger partial charge in [-0.25, -0.2) is 13.1 Å². The molecule has 9 heteroatoms. The molecule has 0 spiro atoms. The highest BCUT2D eigenvalue weighted by Gasteiger charge is 2.21. The SMILES string of the molecule is O=C(NS(=O)(=O)c1ccc(Br)s1)c1ccc(Cl)cc1Br. The fourth-order valence-corrected chi connectivity index (χ4v) is 5.18. The van der Waals surface area contributed by atoms with Crippen LogP contribution < -0.4 is 4.72 Å². The first kappa shape index (κ1) is 16.0. The molecule has 0 saturated heterocycles. The Labute approximate surface area is 141 Å². The molecule has 0 aliphatic rings. The number of hydrogen-bond donors (Lipinski definition) is 1. The van der Waals surface area contributed by atoms with Gasteiger partial charge in [0.2, 0.25) is 0 Å². The van der Waals surface area contributed by atoms with Crippen molar-refractivity contribution in [3.05, 3.63) is 49.2 Å². The first-order valence-corrected chi connectivity index (χ1v) is 9.33. The zero-order valence-electron chi connectivity index (χ0n) is 9.56. The van der Waals surface area contributed by atoms with Crippen molar-refractivity contribution in [2.45, 2.75) is 4.21 Å². The van der Waals surface area contributed by atoms with Gasteiger partial charge in [-0.1, -0.05) is 11.6 Å². The molecule has 1 aromatic heterocycles. The zero-order chi connectivity index (χ0) is 14.9. The Morgan fingerprint density at radius 2 is 1.90 bits per heavy atom. The topological polar surface area (TPSA) is 63.2 Å². The summed E-state index contributed by atoms with van der Waals surface area (Å²) in [6, 6.07) is 7.49. The van der Waals surface area contributed by atoms with Crippen LogP contribution in [0, 0.1) is 0 Å². The van der Waals surface area contributed by atoms with Gasteiger partial charge in [-0.3, -0.25) is 4.79 Å². The number of rotatable bonds is 3. The highest BCUT2D eigenvalue weighted by atomic mass is 79.9. The van der Waals surface area contributed by atoms with Gasteiger partial charge in [-0.05, 0) is 62.2 Å². The quantitative estimate of drug-likeness (QED) is 0.753. The van der Waals surface area contributed by atoms with Crippen molar-refractivity contribution in [3.63, 3.8) is 0 Å². The van der Waals surface area contributed by atoms with Gasteiger partial charge < -0.3 is 0 Å². The first-order valence-electron chi connectivity index (χ1n) is 5.07. The Hall–Kier alpha value is -0.410. The van der Waals surface area contributed by atoms with Crippen molar-refractivity contribution in [1.29, 1.82) is 0 Å². The van der Waals surface area contributed by atoms with E-state index in [0.717, 1.165) is 11.3 Å². The number of sulfonamides is 1. The van der Waals surface area contributed by atoms with E-state index in [-0.39, 0.29) is 9.77 Å². The highest BCUT2D eigenvalue weighted by Crippen LogP contribution is 2.26. The second-order valence-electron chi connectivity index (χ2n) is 3.62. The highest BCUT2D eigenvalue weighted by molar-refractivity contribution is 9.11. The molecule has 20 heavy (non-hydrogen) atoms. The Bertz CT molecular complexity index is 774. The van der Waals surface area contributed by atoms with Crippen LogP contribution in [-0.4, -0.2) is 14.3 Å². The predicted molar refractivity (Wildman–Crippen MR) is 85.8 cm³/mol. The van der Waals surface area contributed by atoms with Gasteiger partial charge in [0.25, 0.3) is 15.9 Å². The third-order valence-electron chi connectivity index (χ3n) is 2.22. The number of nitrogens with one attached hydrogen (secondary N) is 1. The number of benzene rings is 1. The molecule has 1 aromatic carbocycles. The molecule has 1 N–H and O–H groups in total. The van der Waals surface area contributed by atoms with Gasteiger partial charge in [0.15, 0.2) is 0 Å². The summed E-state index contributed by atoms with van der Waals surface area (Å²) in [5.74, 6) is -0.724. The van der Waals surface area contributed by atoms with Crippen LogP contribution in [0.1, 0.15) is 10.4 Å². The lowest BCUT2D eigenvalue weighted by Gasteiger charge is -2.06. The smallest absolute Gasteiger partial charge is 0.268 e. The molecule has 2 aromatic rings. The molecule has 0 radical (unpaired) electrons. The number of hydrogen-bond acceptors (Lipinski definition) is 4. The van der Waals surface area contributed by atoms with Crippen molar-refractivity contribution in [1.82, 2.24) is 4.72 Å². The van der Waals surface area contributed by atoms with E-state index in [1.54, 1.807) is 6.07 Å². The van der Waals surface area contributed by atoms with Crippen molar-refractivity contribution in [2.75, 3.05) is 0 Å². The summed E-state index contributed by atoms with van der Waals surface area (Å²) in [5.41, 5.74) is 0.189. The average molecular weight is 460 g/mol. The number of amides is 1. The number of thiophene rings is 1. The van der Waals surface area contributed by atoms with Gasteiger partial charge >= 0.3 is 0 Å². The lowest BCUT2D eigenvalue weighted by Crippen LogP contribution is -2.30. The van der Waals surface area contributed by atoms with Crippen LogP contribution in [0.15, 0.2) is 42.8 Å². The molecule has 0 unspecified atom stereocenters. The maximum absolute atomic E-state index is 12.0. The van der Waals surface area contributed by atoms with E-state index in [4.69, 9.17) is 11.6 Å². The van der Waals surface area contributed by atoms with Crippen LogP contribution in [0.2, 0.25) is 5.02 Å². The summed E-state index contributed by atoms with van der Waals surface area (Å²) < 4.78 is 27.2. The summed E-state index contributed by atoms with van der Waals surface area (Å²) in [4.78, 5) is 12.0. The van der Waals surface area contributed by atoms with Gasteiger partial charge in [-0.15, -0.1) is 11.3 Å². The predicted octanol–water partition coefficient (Wildman–Crippen LogP) is 4.05. The van der Waals surface area contributed by atoms with Crippen LogP contribution in [0.5, 0.6) is 0 Å².